The molecule has 2 heterocycles. The van der Waals surface area contributed by atoms with Gasteiger partial charge in [0.05, 0.1) is 11.8 Å². The van der Waals surface area contributed by atoms with Crippen molar-refractivity contribution in [1.29, 1.82) is 0 Å². The number of fused-ring (bicyclic) bond motifs is 1. The summed E-state index contributed by atoms with van der Waals surface area (Å²) in [6, 6.07) is 5.60. The minimum atomic E-state index is -0.231. The van der Waals surface area contributed by atoms with Crippen LogP contribution < -0.4 is 5.32 Å². The van der Waals surface area contributed by atoms with Crippen LogP contribution in [0.4, 0.5) is 4.39 Å². The van der Waals surface area contributed by atoms with Gasteiger partial charge in [0.2, 0.25) is 0 Å². The number of hydrogen-bond acceptors (Lipinski definition) is 2. The molecule has 1 fully saturated rings. The fourth-order valence-electron chi connectivity index (χ4n) is 2.40. The first-order valence-electron chi connectivity index (χ1n) is 5.68. The number of benzene rings is 1. The molecule has 4 heteroatoms. The number of aromatic nitrogens is 2. The van der Waals surface area contributed by atoms with Crippen LogP contribution in [0, 0.1) is 5.82 Å². The summed E-state index contributed by atoms with van der Waals surface area (Å²) in [7, 11) is 0. The number of halogens is 1. The van der Waals surface area contributed by atoms with E-state index in [1.54, 1.807) is 12.4 Å². The second-order valence-corrected chi connectivity index (χ2v) is 4.24. The van der Waals surface area contributed by atoms with Crippen molar-refractivity contribution in [3.63, 3.8) is 0 Å². The maximum atomic E-state index is 13.5. The molecule has 0 radical (unpaired) electrons. The molecular formula is C12H14FN3. The van der Waals surface area contributed by atoms with E-state index in [2.05, 4.69) is 14.9 Å². The number of para-hydroxylation sites is 1. The summed E-state index contributed by atoms with van der Waals surface area (Å²) in [6.07, 6.45) is 3.94. The molecule has 2 aromatic rings. The molecule has 16 heavy (non-hydrogen) atoms. The average molecular weight is 219 g/mol. The largest absolute Gasteiger partial charge is 0.327 e. The quantitative estimate of drug-likeness (QED) is 0.796. The molecule has 0 amide bonds. The molecule has 0 aliphatic carbocycles. The molecule has 84 valence electrons. The highest BCUT2D eigenvalue weighted by molar-refractivity contribution is 5.75. The summed E-state index contributed by atoms with van der Waals surface area (Å²) in [6.45, 7) is 2.05. The van der Waals surface area contributed by atoms with Crippen LogP contribution in [0.25, 0.3) is 11.0 Å². The second kappa shape index (κ2) is 3.87. The Kier molecular flexibility index (Phi) is 2.36. The topological polar surface area (TPSA) is 29.9 Å². The van der Waals surface area contributed by atoms with Crippen molar-refractivity contribution < 1.29 is 4.39 Å². The van der Waals surface area contributed by atoms with Gasteiger partial charge in [0.15, 0.2) is 5.82 Å². The van der Waals surface area contributed by atoms with Crippen molar-refractivity contribution in [2.45, 2.75) is 18.9 Å². The summed E-state index contributed by atoms with van der Waals surface area (Å²) in [5.74, 6) is -0.231. The maximum Gasteiger partial charge on any atom is 0.151 e. The van der Waals surface area contributed by atoms with E-state index in [4.69, 9.17) is 0 Å². The van der Waals surface area contributed by atoms with E-state index < -0.39 is 0 Å². The van der Waals surface area contributed by atoms with Crippen LogP contribution in [0.3, 0.4) is 0 Å². The smallest absolute Gasteiger partial charge is 0.151 e. The zero-order valence-electron chi connectivity index (χ0n) is 8.99. The fourth-order valence-corrected chi connectivity index (χ4v) is 2.40. The van der Waals surface area contributed by atoms with Crippen LogP contribution in [0.15, 0.2) is 24.5 Å². The lowest BCUT2D eigenvalue weighted by molar-refractivity contribution is 0.374. The van der Waals surface area contributed by atoms with Crippen molar-refractivity contribution >= 4 is 11.0 Å². The monoisotopic (exact) mass is 219 g/mol. The highest BCUT2D eigenvalue weighted by Gasteiger charge is 2.17. The van der Waals surface area contributed by atoms with Gasteiger partial charge in [-0.25, -0.2) is 9.37 Å². The molecule has 1 aliphatic heterocycles. The van der Waals surface area contributed by atoms with Gasteiger partial charge in [-0.1, -0.05) is 6.07 Å². The molecule has 0 unspecified atom stereocenters. The van der Waals surface area contributed by atoms with Crippen molar-refractivity contribution in [1.82, 2.24) is 14.9 Å². The lowest BCUT2D eigenvalue weighted by atomic mass is 10.1. The summed E-state index contributed by atoms with van der Waals surface area (Å²) in [5, 5.41) is 3.33. The van der Waals surface area contributed by atoms with Crippen LogP contribution in [0.1, 0.15) is 18.9 Å². The zero-order chi connectivity index (χ0) is 11.0. The van der Waals surface area contributed by atoms with E-state index in [1.807, 2.05) is 6.07 Å². The number of imidazole rings is 1. The van der Waals surface area contributed by atoms with Crippen molar-refractivity contribution in [3.05, 3.63) is 30.3 Å². The first kappa shape index (κ1) is 9.78. The predicted octanol–water partition coefficient (Wildman–Crippen LogP) is 2.10. The van der Waals surface area contributed by atoms with Gasteiger partial charge in [-0.2, -0.15) is 0 Å². The standard InChI is InChI=1S/C12H14FN3/c13-10-2-1-3-11-12(10)15-8-16(11)9-4-6-14-7-5-9/h1-3,8-9,14H,4-7H2. The van der Waals surface area contributed by atoms with E-state index >= 15 is 0 Å². The van der Waals surface area contributed by atoms with Crippen LogP contribution in [-0.4, -0.2) is 22.6 Å². The van der Waals surface area contributed by atoms with Crippen molar-refractivity contribution in [2.24, 2.45) is 0 Å². The number of piperidine rings is 1. The average Bonchev–Trinajstić information content (AvgIpc) is 2.75. The van der Waals surface area contributed by atoms with Gasteiger partial charge in [-0.3, -0.25) is 0 Å². The normalized spacial score (nSPS) is 18.1. The molecule has 1 aliphatic rings. The third kappa shape index (κ3) is 1.50. The minimum Gasteiger partial charge on any atom is -0.327 e. The van der Waals surface area contributed by atoms with Gasteiger partial charge in [-0.15, -0.1) is 0 Å². The third-order valence-corrected chi connectivity index (χ3v) is 3.26. The molecule has 0 bridgehead atoms. The number of nitrogens with zero attached hydrogens (tertiary/aromatic N) is 2. The fraction of sp³-hybridized carbons (Fsp3) is 0.417. The molecule has 1 aromatic carbocycles. The molecule has 0 atom stereocenters. The Hall–Kier alpha value is -1.42. The summed E-state index contributed by atoms with van der Waals surface area (Å²) in [5.41, 5.74) is 1.40. The molecule has 0 spiro atoms. The number of rotatable bonds is 1. The summed E-state index contributed by atoms with van der Waals surface area (Å²) in [4.78, 5) is 4.16. The second-order valence-electron chi connectivity index (χ2n) is 4.24. The molecule has 1 aromatic heterocycles. The molecule has 1 saturated heterocycles. The Labute approximate surface area is 93.3 Å². The van der Waals surface area contributed by atoms with Gasteiger partial charge in [0.25, 0.3) is 0 Å². The van der Waals surface area contributed by atoms with Crippen LogP contribution in [0.5, 0.6) is 0 Å². The molecule has 3 rings (SSSR count). The Morgan fingerprint density at radius 2 is 2.12 bits per heavy atom. The molecular weight excluding hydrogens is 205 g/mol. The predicted molar refractivity (Wildman–Crippen MR) is 60.8 cm³/mol. The van der Waals surface area contributed by atoms with Gasteiger partial charge >= 0.3 is 0 Å². The van der Waals surface area contributed by atoms with E-state index in [9.17, 15) is 4.39 Å². The Morgan fingerprint density at radius 3 is 2.94 bits per heavy atom. The van der Waals surface area contributed by atoms with Gasteiger partial charge in [0.1, 0.15) is 5.52 Å². The van der Waals surface area contributed by atoms with E-state index in [-0.39, 0.29) is 5.82 Å². The van der Waals surface area contributed by atoms with E-state index in [1.165, 1.54) is 6.07 Å². The van der Waals surface area contributed by atoms with Gasteiger partial charge in [0, 0.05) is 6.04 Å². The van der Waals surface area contributed by atoms with Gasteiger partial charge in [-0.05, 0) is 38.1 Å². The minimum absolute atomic E-state index is 0.231. The number of hydrogen-bond donors (Lipinski definition) is 1. The molecule has 1 N–H and O–H groups in total. The van der Waals surface area contributed by atoms with Crippen molar-refractivity contribution in [3.8, 4) is 0 Å². The molecule has 0 saturated carbocycles. The van der Waals surface area contributed by atoms with Crippen LogP contribution in [0.2, 0.25) is 0 Å². The molecule has 3 nitrogen and oxygen atoms in total. The maximum absolute atomic E-state index is 13.5. The SMILES string of the molecule is Fc1cccc2c1ncn2C1CCNCC1. The zero-order valence-corrected chi connectivity index (χ0v) is 8.99. The Bertz CT molecular complexity index is 500. The van der Waals surface area contributed by atoms with Crippen LogP contribution in [-0.2, 0) is 0 Å². The van der Waals surface area contributed by atoms with Crippen LogP contribution >= 0.6 is 0 Å². The Morgan fingerprint density at radius 1 is 1.31 bits per heavy atom. The highest BCUT2D eigenvalue weighted by Crippen LogP contribution is 2.24. The van der Waals surface area contributed by atoms with Crippen molar-refractivity contribution in [2.75, 3.05) is 13.1 Å². The summed E-state index contributed by atoms with van der Waals surface area (Å²) >= 11 is 0. The lowest BCUT2D eigenvalue weighted by Gasteiger charge is -2.24. The third-order valence-electron chi connectivity index (χ3n) is 3.26. The number of nitrogens with one attached hydrogen (secondary N) is 1. The Balaban J connectivity index is 2.06. The van der Waals surface area contributed by atoms with Gasteiger partial charge < -0.3 is 9.88 Å². The van der Waals surface area contributed by atoms with E-state index in [0.29, 0.717) is 11.6 Å². The lowest BCUT2D eigenvalue weighted by Crippen LogP contribution is -2.29. The highest BCUT2D eigenvalue weighted by atomic mass is 19.1. The van der Waals surface area contributed by atoms with E-state index in [0.717, 1.165) is 31.4 Å². The first-order chi connectivity index (χ1) is 7.86. The summed E-state index contributed by atoms with van der Waals surface area (Å²) < 4.78 is 15.6. The first-order valence-corrected chi connectivity index (χ1v) is 5.68.